The number of rotatable bonds is 5. The van der Waals surface area contributed by atoms with Crippen molar-refractivity contribution in [2.24, 2.45) is 0 Å². The first-order chi connectivity index (χ1) is 9.81. The van der Waals surface area contributed by atoms with Crippen LogP contribution in [0.3, 0.4) is 0 Å². The van der Waals surface area contributed by atoms with Crippen molar-refractivity contribution in [1.82, 2.24) is 5.32 Å². The van der Waals surface area contributed by atoms with Crippen LogP contribution in [0, 0.1) is 0 Å². The first-order valence-corrected chi connectivity index (χ1v) is 8.74. The van der Waals surface area contributed by atoms with Crippen LogP contribution in [0.2, 0.25) is 0 Å². The molecular weight excluding hydrogens is 282 g/mol. The molecule has 0 aliphatic heterocycles. The topological polar surface area (TPSA) is 12.0 Å². The molecule has 1 atom stereocenters. The van der Waals surface area contributed by atoms with Crippen molar-refractivity contribution in [2.75, 3.05) is 7.05 Å². The third-order valence-electron chi connectivity index (χ3n) is 3.55. The van der Waals surface area contributed by atoms with Gasteiger partial charge in [0, 0.05) is 14.3 Å². The van der Waals surface area contributed by atoms with Gasteiger partial charge in [-0.05, 0) is 42.1 Å². The quantitative estimate of drug-likeness (QED) is 0.681. The lowest BCUT2D eigenvalue weighted by atomic mass is 10.0. The maximum Gasteiger partial charge on any atom is 0.0669 e. The largest absolute Gasteiger partial charge is 0.309 e. The first kappa shape index (κ1) is 13.8. The summed E-state index contributed by atoms with van der Waals surface area (Å²) in [5.74, 6) is 0. The molecule has 0 fully saturated rings. The Morgan fingerprint density at radius 2 is 2.05 bits per heavy atom. The Labute approximate surface area is 128 Å². The Bertz CT molecular complexity index is 667. The molecule has 0 aliphatic carbocycles. The number of aryl methyl sites for hydroxylation is 1. The second-order valence-electron chi connectivity index (χ2n) is 5.01. The summed E-state index contributed by atoms with van der Waals surface area (Å²) in [6, 6.07) is 13.8. The lowest BCUT2D eigenvalue weighted by Gasteiger charge is -2.16. The van der Waals surface area contributed by atoms with Crippen molar-refractivity contribution < 1.29 is 0 Å². The highest BCUT2D eigenvalue weighted by Gasteiger charge is 2.15. The Hall–Kier alpha value is -1.16. The van der Waals surface area contributed by atoms with E-state index in [1.165, 1.54) is 31.8 Å². The zero-order valence-corrected chi connectivity index (χ0v) is 13.5. The van der Waals surface area contributed by atoms with Crippen molar-refractivity contribution in [3.8, 4) is 0 Å². The zero-order valence-electron chi connectivity index (χ0n) is 11.8. The van der Waals surface area contributed by atoms with Crippen molar-refractivity contribution in [3.63, 3.8) is 0 Å². The summed E-state index contributed by atoms with van der Waals surface area (Å²) in [5.41, 5.74) is 2.80. The minimum Gasteiger partial charge on any atom is -0.309 e. The first-order valence-electron chi connectivity index (χ1n) is 7.05. The maximum atomic E-state index is 3.47. The third-order valence-corrected chi connectivity index (χ3v) is 5.71. The molecule has 0 radical (unpaired) electrons. The van der Waals surface area contributed by atoms with E-state index in [2.05, 4.69) is 54.0 Å². The van der Waals surface area contributed by atoms with Gasteiger partial charge in [0.05, 0.1) is 6.04 Å². The summed E-state index contributed by atoms with van der Waals surface area (Å²) < 4.78 is 2.80. The predicted molar refractivity (Wildman–Crippen MR) is 91.0 cm³/mol. The van der Waals surface area contributed by atoms with Crippen LogP contribution in [0.15, 0.2) is 41.8 Å². The zero-order chi connectivity index (χ0) is 13.9. The van der Waals surface area contributed by atoms with E-state index in [4.69, 9.17) is 0 Å². The second kappa shape index (κ2) is 6.08. The van der Waals surface area contributed by atoms with E-state index in [9.17, 15) is 0 Å². The normalized spacial score (nSPS) is 12.9. The van der Waals surface area contributed by atoms with Gasteiger partial charge in [-0.2, -0.15) is 0 Å². The van der Waals surface area contributed by atoms with Crippen LogP contribution < -0.4 is 5.32 Å². The monoisotopic (exact) mass is 301 g/mol. The summed E-state index contributed by atoms with van der Waals surface area (Å²) in [5, 5.41) is 5.64. The van der Waals surface area contributed by atoms with Crippen LogP contribution in [-0.2, 0) is 6.42 Å². The maximum absolute atomic E-state index is 3.47. The van der Waals surface area contributed by atoms with Gasteiger partial charge in [-0.25, -0.2) is 0 Å². The van der Waals surface area contributed by atoms with Gasteiger partial charge in [0.1, 0.15) is 0 Å². The molecule has 0 saturated carbocycles. The standard InChI is InChI=1S/C17H19NS2/c1-3-5-12-6-4-7-13(10-12)17(18-2)16-11-15-14(20-16)8-9-19-15/h4,6-11,17-18H,3,5H2,1-2H3. The SMILES string of the molecule is CCCc1cccc(C(NC)c2cc3sccc3s2)c1. The molecule has 1 nitrogen and oxygen atoms in total. The Morgan fingerprint density at radius 3 is 2.80 bits per heavy atom. The van der Waals surface area contributed by atoms with Crippen LogP contribution in [0.4, 0.5) is 0 Å². The molecule has 0 bridgehead atoms. The predicted octanol–water partition coefficient (Wildman–Crippen LogP) is 5.22. The van der Waals surface area contributed by atoms with Gasteiger partial charge in [-0.1, -0.05) is 37.6 Å². The van der Waals surface area contributed by atoms with Crippen LogP contribution in [0.5, 0.6) is 0 Å². The van der Waals surface area contributed by atoms with Crippen molar-refractivity contribution in [3.05, 3.63) is 57.8 Å². The van der Waals surface area contributed by atoms with Crippen LogP contribution in [-0.4, -0.2) is 7.05 Å². The highest BCUT2D eigenvalue weighted by molar-refractivity contribution is 7.27. The highest BCUT2D eigenvalue weighted by Crippen LogP contribution is 2.35. The number of fused-ring (bicyclic) bond motifs is 1. The molecule has 20 heavy (non-hydrogen) atoms. The van der Waals surface area contributed by atoms with Gasteiger partial charge in [-0.15, -0.1) is 22.7 Å². The van der Waals surface area contributed by atoms with Crippen molar-refractivity contribution in [2.45, 2.75) is 25.8 Å². The molecule has 1 N–H and O–H groups in total. The van der Waals surface area contributed by atoms with E-state index in [0.717, 1.165) is 6.42 Å². The van der Waals surface area contributed by atoms with E-state index in [1.807, 2.05) is 29.7 Å². The molecule has 1 unspecified atom stereocenters. The van der Waals surface area contributed by atoms with Crippen LogP contribution in [0.1, 0.15) is 35.4 Å². The van der Waals surface area contributed by atoms with E-state index in [-0.39, 0.29) is 0 Å². The molecule has 2 aromatic heterocycles. The number of hydrogen-bond acceptors (Lipinski definition) is 3. The van der Waals surface area contributed by atoms with Gasteiger partial charge < -0.3 is 5.32 Å². The van der Waals surface area contributed by atoms with Gasteiger partial charge in [-0.3, -0.25) is 0 Å². The third kappa shape index (κ3) is 2.66. The smallest absolute Gasteiger partial charge is 0.0669 e. The molecule has 0 amide bonds. The molecule has 2 heterocycles. The number of nitrogens with one attached hydrogen (secondary N) is 1. The molecule has 3 rings (SSSR count). The Balaban J connectivity index is 1.96. The summed E-state index contributed by atoms with van der Waals surface area (Å²) in [6.07, 6.45) is 2.35. The van der Waals surface area contributed by atoms with Crippen LogP contribution in [0.25, 0.3) is 9.40 Å². The summed E-state index contributed by atoms with van der Waals surface area (Å²) in [6.45, 7) is 2.23. The minimum absolute atomic E-state index is 0.302. The Morgan fingerprint density at radius 1 is 1.15 bits per heavy atom. The molecule has 104 valence electrons. The van der Waals surface area contributed by atoms with Gasteiger partial charge >= 0.3 is 0 Å². The van der Waals surface area contributed by atoms with Crippen LogP contribution >= 0.6 is 22.7 Å². The fraction of sp³-hybridized carbons (Fsp3) is 0.294. The summed E-state index contributed by atoms with van der Waals surface area (Å²) in [4.78, 5) is 1.41. The molecule has 3 heteroatoms. The Kier molecular flexibility index (Phi) is 4.20. The lowest BCUT2D eigenvalue weighted by molar-refractivity contribution is 0.702. The molecule has 0 spiro atoms. The minimum atomic E-state index is 0.302. The number of hydrogen-bond donors (Lipinski definition) is 1. The summed E-state index contributed by atoms with van der Waals surface area (Å²) in [7, 11) is 2.05. The van der Waals surface area contributed by atoms with Gasteiger partial charge in [0.2, 0.25) is 0 Å². The molecule has 1 aromatic carbocycles. The van der Waals surface area contributed by atoms with E-state index in [1.54, 1.807) is 0 Å². The van der Waals surface area contributed by atoms with E-state index < -0.39 is 0 Å². The van der Waals surface area contributed by atoms with E-state index >= 15 is 0 Å². The van der Waals surface area contributed by atoms with E-state index in [0.29, 0.717) is 6.04 Å². The average Bonchev–Trinajstić information content (AvgIpc) is 3.02. The lowest BCUT2D eigenvalue weighted by Crippen LogP contribution is -2.16. The second-order valence-corrected chi connectivity index (χ2v) is 7.08. The fourth-order valence-electron chi connectivity index (χ4n) is 2.62. The molecule has 0 aliphatic rings. The highest BCUT2D eigenvalue weighted by atomic mass is 32.1. The fourth-order valence-corrected chi connectivity index (χ4v) is 4.87. The molecular formula is C17H19NS2. The molecule has 3 aromatic rings. The average molecular weight is 301 g/mol. The van der Waals surface area contributed by atoms with Gasteiger partial charge in [0.15, 0.2) is 0 Å². The van der Waals surface area contributed by atoms with Crippen molar-refractivity contribution in [1.29, 1.82) is 0 Å². The number of benzene rings is 1. The van der Waals surface area contributed by atoms with Crippen molar-refractivity contribution >= 4 is 32.1 Å². The molecule has 0 saturated heterocycles. The van der Waals surface area contributed by atoms with Gasteiger partial charge in [0.25, 0.3) is 0 Å². The number of thiophene rings is 2. The summed E-state index contributed by atoms with van der Waals surface area (Å²) >= 11 is 3.72.